The van der Waals surface area contributed by atoms with Gasteiger partial charge in [0.25, 0.3) is 0 Å². The van der Waals surface area contributed by atoms with Crippen molar-refractivity contribution in [1.29, 1.82) is 0 Å². The first-order valence-corrected chi connectivity index (χ1v) is 4.41. The molecule has 0 bridgehead atoms. The van der Waals surface area contributed by atoms with Crippen molar-refractivity contribution in [2.45, 2.75) is 0 Å². The van der Waals surface area contributed by atoms with Gasteiger partial charge < -0.3 is 10.9 Å². The van der Waals surface area contributed by atoms with E-state index in [4.69, 9.17) is 10.9 Å². The Balaban J connectivity index is 2.75. The van der Waals surface area contributed by atoms with Crippen LogP contribution in [0, 0.1) is 0 Å². The molecule has 2 rings (SSSR count). The fraction of sp³-hybridized carbons (Fsp3) is 0. The maximum atomic E-state index is 8.53. The van der Waals surface area contributed by atoms with E-state index in [-0.39, 0.29) is 5.84 Å². The fourth-order valence-electron chi connectivity index (χ4n) is 1.17. The van der Waals surface area contributed by atoms with Crippen LogP contribution in [0.2, 0.25) is 0 Å². The van der Waals surface area contributed by atoms with Crippen LogP contribution in [0.1, 0.15) is 5.56 Å². The molecule has 0 radical (unpaired) electrons. The molecule has 13 heavy (non-hydrogen) atoms. The molecule has 66 valence electrons. The molecule has 2 aromatic rings. The molecule has 0 unspecified atom stereocenters. The third-order valence-electron chi connectivity index (χ3n) is 1.78. The molecule has 1 aromatic carbocycles. The molecular formula is C8H7N3OS. The maximum absolute atomic E-state index is 8.53. The van der Waals surface area contributed by atoms with Crippen molar-refractivity contribution in [1.82, 2.24) is 4.37 Å². The van der Waals surface area contributed by atoms with Gasteiger partial charge >= 0.3 is 0 Å². The highest BCUT2D eigenvalue weighted by molar-refractivity contribution is 7.13. The Morgan fingerprint density at radius 2 is 2.38 bits per heavy atom. The van der Waals surface area contributed by atoms with Gasteiger partial charge in [-0.3, -0.25) is 0 Å². The summed E-state index contributed by atoms with van der Waals surface area (Å²) in [6, 6.07) is 5.60. The average molecular weight is 193 g/mol. The number of nitrogens with two attached hydrogens (primary N) is 1. The van der Waals surface area contributed by atoms with Crippen molar-refractivity contribution in [3.05, 3.63) is 30.0 Å². The molecule has 0 aliphatic heterocycles. The lowest BCUT2D eigenvalue weighted by Gasteiger charge is -1.98. The van der Waals surface area contributed by atoms with Crippen LogP contribution in [0.5, 0.6) is 0 Å². The SMILES string of the molecule is N/C(=N/O)c1cccc2sncc12. The minimum absolute atomic E-state index is 0.116. The monoisotopic (exact) mass is 193 g/mol. The van der Waals surface area contributed by atoms with Gasteiger partial charge in [-0.15, -0.1) is 0 Å². The number of fused-ring (bicyclic) bond motifs is 1. The standard InChI is InChI=1S/C8H7N3OS/c9-8(11-12)5-2-1-3-7-6(5)4-10-13-7/h1-4,12H,(H2,9,11). The number of oxime groups is 1. The molecule has 1 heterocycles. The largest absolute Gasteiger partial charge is 0.409 e. The zero-order valence-corrected chi connectivity index (χ0v) is 7.45. The summed E-state index contributed by atoms with van der Waals surface area (Å²) in [4.78, 5) is 0. The van der Waals surface area contributed by atoms with Crippen LogP contribution in [0.3, 0.4) is 0 Å². The second kappa shape index (κ2) is 3.02. The number of hydrogen-bond donors (Lipinski definition) is 2. The minimum atomic E-state index is 0.116. The Morgan fingerprint density at radius 3 is 3.15 bits per heavy atom. The Labute approximate surface area is 78.5 Å². The number of aromatic nitrogens is 1. The molecule has 0 amide bonds. The van der Waals surface area contributed by atoms with Crippen molar-refractivity contribution >= 4 is 27.5 Å². The summed E-state index contributed by atoms with van der Waals surface area (Å²) in [5, 5.41) is 12.4. The molecule has 0 aliphatic rings. The number of nitrogens with zero attached hydrogens (tertiary/aromatic N) is 2. The highest BCUT2D eigenvalue weighted by Gasteiger charge is 2.05. The molecule has 0 saturated heterocycles. The number of rotatable bonds is 1. The number of hydrogen-bond acceptors (Lipinski definition) is 4. The topological polar surface area (TPSA) is 71.5 Å². The molecule has 5 heteroatoms. The Kier molecular flexibility index (Phi) is 1.86. The second-order valence-electron chi connectivity index (χ2n) is 2.53. The summed E-state index contributed by atoms with van der Waals surface area (Å²) in [6.07, 6.45) is 1.72. The summed E-state index contributed by atoms with van der Waals surface area (Å²) in [5.74, 6) is 0.116. The highest BCUT2D eigenvalue weighted by Crippen LogP contribution is 2.21. The third kappa shape index (κ3) is 1.23. The van der Waals surface area contributed by atoms with Crippen LogP contribution in [0.15, 0.2) is 29.6 Å². The van der Waals surface area contributed by atoms with E-state index in [9.17, 15) is 0 Å². The van der Waals surface area contributed by atoms with E-state index in [0.717, 1.165) is 10.1 Å². The zero-order chi connectivity index (χ0) is 9.26. The first-order chi connectivity index (χ1) is 6.33. The van der Waals surface area contributed by atoms with Crippen LogP contribution in [0.25, 0.3) is 10.1 Å². The van der Waals surface area contributed by atoms with Crippen molar-refractivity contribution < 1.29 is 5.21 Å². The highest BCUT2D eigenvalue weighted by atomic mass is 32.1. The zero-order valence-electron chi connectivity index (χ0n) is 6.64. The smallest absolute Gasteiger partial charge is 0.170 e. The summed E-state index contributed by atoms with van der Waals surface area (Å²) in [5.41, 5.74) is 6.21. The number of amidine groups is 1. The molecule has 3 N–H and O–H groups in total. The predicted molar refractivity (Wildman–Crippen MR) is 52.1 cm³/mol. The van der Waals surface area contributed by atoms with Gasteiger partial charge in [0.1, 0.15) is 0 Å². The normalized spacial score (nSPS) is 12.2. The second-order valence-corrected chi connectivity index (χ2v) is 3.36. The summed E-state index contributed by atoms with van der Waals surface area (Å²) in [7, 11) is 0. The molecule has 0 atom stereocenters. The molecular weight excluding hydrogens is 186 g/mol. The quantitative estimate of drug-likeness (QED) is 0.311. The van der Waals surface area contributed by atoms with E-state index in [1.54, 1.807) is 12.3 Å². The summed E-state index contributed by atoms with van der Waals surface area (Å²) < 4.78 is 5.06. The Bertz CT molecular complexity index is 463. The lowest BCUT2D eigenvalue weighted by atomic mass is 10.1. The number of benzene rings is 1. The maximum Gasteiger partial charge on any atom is 0.170 e. The van der Waals surface area contributed by atoms with Crippen molar-refractivity contribution in [2.24, 2.45) is 10.9 Å². The van der Waals surface area contributed by atoms with E-state index in [1.807, 2.05) is 12.1 Å². The van der Waals surface area contributed by atoms with Crippen LogP contribution in [-0.2, 0) is 0 Å². The van der Waals surface area contributed by atoms with E-state index in [1.165, 1.54) is 11.5 Å². The summed E-state index contributed by atoms with van der Waals surface area (Å²) in [6.45, 7) is 0. The van der Waals surface area contributed by atoms with Crippen LogP contribution >= 0.6 is 11.5 Å². The average Bonchev–Trinajstić information content (AvgIpc) is 2.63. The molecule has 0 spiro atoms. The van der Waals surface area contributed by atoms with Crippen molar-refractivity contribution in [3.63, 3.8) is 0 Å². The molecule has 4 nitrogen and oxygen atoms in total. The Hall–Kier alpha value is -1.62. The van der Waals surface area contributed by atoms with Gasteiger partial charge in [0.15, 0.2) is 5.84 Å². The molecule has 0 fully saturated rings. The summed E-state index contributed by atoms with van der Waals surface area (Å²) >= 11 is 1.39. The first kappa shape index (κ1) is 8.00. The van der Waals surface area contributed by atoms with Gasteiger partial charge in [-0.1, -0.05) is 17.3 Å². The van der Waals surface area contributed by atoms with E-state index < -0.39 is 0 Å². The van der Waals surface area contributed by atoms with Gasteiger partial charge in [0.2, 0.25) is 0 Å². The van der Waals surface area contributed by atoms with Crippen molar-refractivity contribution in [2.75, 3.05) is 0 Å². The molecule has 0 aliphatic carbocycles. The molecule has 0 saturated carbocycles. The third-order valence-corrected chi connectivity index (χ3v) is 2.55. The lowest BCUT2D eigenvalue weighted by molar-refractivity contribution is 0.318. The van der Waals surface area contributed by atoms with E-state index in [0.29, 0.717) is 5.56 Å². The van der Waals surface area contributed by atoms with Gasteiger partial charge in [-0.05, 0) is 17.6 Å². The van der Waals surface area contributed by atoms with Crippen molar-refractivity contribution in [3.8, 4) is 0 Å². The lowest BCUT2D eigenvalue weighted by Crippen LogP contribution is -2.12. The van der Waals surface area contributed by atoms with Crippen LogP contribution < -0.4 is 5.73 Å². The van der Waals surface area contributed by atoms with Gasteiger partial charge in [-0.2, -0.15) is 4.37 Å². The minimum Gasteiger partial charge on any atom is -0.409 e. The predicted octanol–water partition coefficient (Wildman–Crippen LogP) is 1.39. The van der Waals surface area contributed by atoms with Gasteiger partial charge in [0.05, 0.1) is 4.70 Å². The van der Waals surface area contributed by atoms with E-state index >= 15 is 0 Å². The molecule has 1 aromatic heterocycles. The van der Waals surface area contributed by atoms with Gasteiger partial charge in [-0.25, -0.2) is 0 Å². The van der Waals surface area contributed by atoms with Crippen LogP contribution in [-0.4, -0.2) is 15.4 Å². The van der Waals surface area contributed by atoms with Crippen LogP contribution in [0.4, 0.5) is 0 Å². The van der Waals surface area contributed by atoms with Gasteiger partial charge in [0, 0.05) is 17.1 Å². The fourth-order valence-corrected chi connectivity index (χ4v) is 1.84. The first-order valence-electron chi connectivity index (χ1n) is 3.64. The Morgan fingerprint density at radius 1 is 1.54 bits per heavy atom. The van der Waals surface area contributed by atoms with E-state index in [2.05, 4.69) is 9.53 Å².